The number of hydrogen-bond donors (Lipinski definition) is 1. The molecule has 0 unspecified atom stereocenters. The number of anilines is 2. The van der Waals surface area contributed by atoms with Gasteiger partial charge in [-0.05, 0) is 38.5 Å². The molecule has 2 amide bonds. The molecule has 10 heteroatoms. The van der Waals surface area contributed by atoms with Crippen molar-refractivity contribution in [3.8, 4) is 0 Å². The van der Waals surface area contributed by atoms with Crippen molar-refractivity contribution in [3.63, 3.8) is 0 Å². The van der Waals surface area contributed by atoms with Crippen molar-refractivity contribution in [2.24, 2.45) is 0 Å². The smallest absolute Gasteiger partial charge is 0.414 e. The van der Waals surface area contributed by atoms with Crippen molar-refractivity contribution in [1.29, 1.82) is 0 Å². The standard InChI is InChI=1S/C23H28N4O4S2/c1-6-17-12-24-19(30-17)14-32-20-13-25-21(33-20)26-18(28)11-15-7-9-16(10-8-15)27(5)22(29)31-23(2,3)4/h7-10,12-13H,6,11,14H2,1-5H3,(H,25,26,28). The number of thiazole rings is 1. The van der Waals surface area contributed by atoms with Gasteiger partial charge in [0.25, 0.3) is 0 Å². The van der Waals surface area contributed by atoms with Gasteiger partial charge in [0, 0.05) is 19.2 Å². The zero-order valence-corrected chi connectivity index (χ0v) is 21.0. The number of nitrogens with one attached hydrogen (secondary N) is 1. The lowest BCUT2D eigenvalue weighted by atomic mass is 10.1. The lowest BCUT2D eigenvalue weighted by Gasteiger charge is -2.24. The zero-order chi connectivity index (χ0) is 24.0. The third kappa shape index (κ3) is 7.61. The van der Waals surface area contributed by atoms with E-state index in [4.69, 9.17) is 9.15 Å². The van der Waals surface area contributed by atoms with Crippen LogP contribution in [0.4, 0.5) is 15.6 Å². The van der Waals surface area contributed by atoms with Gasteiger partial charge in [-0.15, -0.1) is 11.8 Å². The largest absolute Gasteiger partial charge is 0.445 e. The number of oxazole rings is 1. The van der Waals surface area contributed by atoms with Crippen LogP contribution in [0.3, 0.4) is 0 Å². The van der Waals surface area contributed by atoms with Gasteiger partial charge in [-0.2, -0.15) is 0 Å². The van der Waals surface area contributed by atoms with Crippen molar-refractivity contribution in [3.05, 3.63) is 53.9 Å². The first-order valence-corrected chi connectivity index (χ1v) is 12.3. The number of hydrogen-bond acceptors (Lipinski definition) is 8. The van der Waals surface area contributed by atoms with Crippen LogP contribution in [-0.2, 0) is 28.1 Å². The highest BCUT2D eigenvalue weighted by Crippen LogP contribution is 2.30. The van der Waals surface area contributed by atoms with E-state index in [0.717, 1.165) is 22.0 Å². The van der Waals surface area contributed by atoms with E-state index in [-0.39, 0.29) is 12.3 Å². The number of aromatic nitrogens is 2. The van der Waals surface area contributed by atoms with Crippen LogP contribution in [0.15, 0.2) is 45.3 Å². The molecule has 1 aromatic carbocycles. The summed E-state index contributed by atoms with van der Waals surface area (Å²) in [5.41, 5.74) is 0.953. The summed E-state index contributed by atoms with van der Waals surface area (Å²) in [5.74, 6) is 2.00. The van der Waals surface area contributed by atoms with Crippen LogP contribution in [0.5, 0.6) is 0 Å². The first-order valence-electron chi connectivity index (χ1n) is 10.5. The first kappa shape index (κ1) is 24.8. The van der Waals surface area contributed by atoms with Crippen LogP contribution in [0.2, 0.25) is 0 Å². The molecular weight excluding hydrogens is 460 g/mol. The fourth-order valence-electron chi connectivity index (χ4n) is 2.72. The Kier molecular flexibility index (Phi) is 8.15. The van der Waals surface area contributed by atoms with E-state index < -0.39 is 11.7 Å². The molecule has 33 heavy (non-hydrogen) atoms. The van der Waals surface area contributed by atoms with E-state index in [1.807, 2.05) is 39.8 Å². The topological polar surface area (TPSA) is 97.6 Å². The molecule has 1 N–H and O–H groups in total. The van der Waals surface area contributed by atoms with Gasteiger partial charge in [0.05, 0.1) is 28.8 Å². The Balaban J connectivity index is 1.49. The summed E-state index contributed by atoms with van der Waals surface area (Å²) in [6, 6.07) is 7.22. The monoisotopic (exact) mass is 488 g/mol. The summed E-state index contributed by atoms with van der Waals surface area (Å²) in [4.78, 5) is 34.6. The highest BCUT2D eigenvalue weighted by atomic mass is 32.2. The van der Waals surface area contributed by atoms with Gasteiger partial charge in [0.1, 0.15) is 11.4 Å². The van der Waals surface area contributed by atoms with Gasteiger partial charge in [0.15, 0.2) is 5.13 Å². The molecule has 0 saturated heterocycles. The zero-order valence-electron chi connectivity index (χ0n) is 19.4. The number of rotatable bonds is 8. The molecule has 0 fully saturated rings. The Morgan fingerprint density at radius 2 is 1.91 bits per heavy atom. The average molecular weight is 489 g/mol. The van der Waals surface area contributed by atoms with Gasteiger partial charge < -0.3 is 14.5 Å². The van der Waals surface area contributed by atoms with Gasteiger partial charge in [-0.3, -0.25) is 9.69 Å². The Bertz CT molecular complexity index is 1090. The van der Waals surface area contributed by atoms with Gasteiger partial charge in [-0.25, -0.2) is 14.8 Å². The fraction of sp³-hybridized carbons (Fsp3) is 0.391. The minimum atomic E-state index is -0.564. The highest BCUT2D eigenvalue weighted by molar-refractivity contribution is 8.00. The van der Waals surface area contributed by atoms with Crippen LogP contribution < -0.4 is 10.2 Å². The van der Waals surface area contributed by atoms with E-state index in [1.54, 1.807) is 43.3 Å². The molecule has 0 saturated carbocycles. The Morgan fingerprint density at radius 3 is 2.55 bits per heavy atom. The lowest BCUT2D eigenvalue weighted by Crippen LogP contribution is -2.34. The SMILES string of the molecule is CCc1cnc(CSc2cnc(NC(=O)Cc3ccc(N(C)C(=O)OC(C)(C)C)cc3)s2)o1. The number of nitrogens with zero attached hydrogens (tertiary/aromatic N) is 3. The van der Waals surface area contributed by atoms with E-state index in [1.165, 1.54) is 16.2 Å². The van der Waals surface area contributed by atoms with E-state index in [0.29, 0.717) is 22.5 Å². The second-order valence-electron chi connectivity index (χ2n) is 8.28. The highest BCUT2D eigenvalue weighted by Gasteiger charge is 2.20. The maximum atomic E-state index is 12.4. The van der Waals surface area contributed by atoms with Crippen LogP contribution in [-0.4, -0.2) is 34.6 Å². The number of amides is 2. The normalized spacial score (nSPS) is 11.3. The van der Waals surface area contributed by atoms with E-state index in [2.05, 4.69) is 15.3 Å². The van der Waals surface area contributed by atoms with Crippen molar-refractivity contribution >= 4 is 45.9 Å². The third-order valence-corrected chi connectivity index (χ3v) is 6.47. The predicted octanol–water partition coefficient (Wildman–Crippen LogP) is 5.54. The van der Waals surface area contributed by atoms with Crippen LogP contribution >= 0.6 is 23.1 Å². The Morgan fingerprint density at radius 1 is 1.18 bits per heavy atom. The molecule has 3 aromatic rings. The molecule has 0 atom stereocenters. The minimum Gasteiger partial charge on any atom is -0.445 e. The molecule has 8 nitrogen and oxygen atoms in total. The van der Waals surface area contributed by atoms with Crippen LogP contribution in [0, 0.1) is 0 Å². The van der Waals surface area contributed by atoms with E-state index in [9.17, 15) is 9.59 Å². The quantitative estimate of drug-likeness (QED) is 0.416. The fourth-order valence-corrected chi connectivity index (χ4v) is 4.46. The average Bonchev–Trinajstić information content (AvgIpc) is 3.40. The number of carbonyl (C=O) groups excluding carboxylic acids is 2. The van der Waals surface area contributed by atoms with Crippen LogP contribution in [0.1, 0.15) is 44.9 Å². The molecule has 2 aromatic heterocycles. The third-order valence-electron chi connectivity index (χ3n) is 4.37. The van der Waals surface area contributed by atoms with E-state index >= 15 is 0 Å². The second kappa shape index (κ2) is 10.8. The molecule has 0 aliphatic heterocycles. The molecule has 0 spiro atoms. The number of carbonyl (C=O) groups is 2. The number of ether oxygens (including phenoxy) is 1. The molecule has 0 bridgehead atoms. The first-order chi connectivity index (χ1) is 15.6. The van der Waals surface area contributed by atoms with Gasteiger partial charge in [-0.1, -0.05) is 30.4 Å². The van der Waals surface area contributed by atoms with Crippen molar-refractivity contribution in [2.75, 3.05) is 17.3 Å². The Labute approximate surface area is 201 Å². The van der Waals surface area contributed by atoms with Crippen molar-refractivity contribution in [2.45, 2.75) is 56.1 Å². The minimum absolute atomic E-state index is 0.158. The molecular formula is C23H28N4O4S2. The number of thioether (sulfide) groups is 1. The summed E-state index contributed by atoms with van der Waals surface area (Å²) in [7, 11) is 1.65. The molecule has 0 aliphatic rings. The summed E-state index contributed by atoms with van der Waals surface area (Å²) in [6.07, 6.45) is 4.07. The van der Waals surface area contributed by atoms with Gasteiger partial charge in [0.2, 0.25) is 11.8 Å². The van der Waals surface area contributed by atoms with Crippen LogP contribution in [0.25, 0.3) is 0 Å². The molecule has 176 valence electrons. The summed E-state index contributed by atoms with van der Waals surface area (Å²) < 4.78 is 11.9. The summed E-state index contributed by atoms with van der Waals surface area (Å²) >= 11 is 2.98. The molecule has 0 aliphatic carbocycles. The predicted molar refractivity (Wildman–Crippen MR) is 131 cm³/mol. The molecule has 2 heterocycles. The van der Waals surface area contributed by atoms with Crippen molar-refractivity contribution < 1.29 is 18.7 Å². The summed E-state index contributed by atoms with van der Waals surface area (Å²) in [6.45, 7) is 7.49. The molecule has 0 radical (unpaired) electrons. The maximum absolute atomic E-state index is 12.4. The van der Waals surface area contributed by atoms with Crippen molar-refractivity contribution in [1.82, 2.24) is 9.97 Å². The second-order valence-corrected chi connectivity index (χ2v) is 10.6. The molecule has 3 rings (SSSR count). The number of aryl methyl sites for hydroxylation is 1. The summed E-state index contributed by atoms with van der Waals surface area (Å²) in [5, 5.41) is 3.38. The maximum Gasteiger partial charge on any atom is 0.414 e. The Hall–Kier alpha value is -2.85. The number of benzene rings is 1. The van der Waals surface area contributed by atoms with Gasteiger partial charge >= 0.3 is 6.09 Å². The lowest BCUT2D eigenvalue weighted by molar-refractivity contribution is -0.115.